The van der Waals surface area contributed by atoms with Gasteiger partial charge in [-0.25, -0.2) is 0 Å². The van der Waals surface area contributed by atoms with E-state index in [-0.39, 0.29) is 11.8 Å². The average Bonchev–Trinajstić information content (AvgIpc) is 2.34. The molecule has 0 saturated carbocycles. The van der Waals surface area contributed by atoms with Gasteiger partial charge in [0.25, 0.3) is 0 Å². The summed E-state index contributed by atoms with van der Waals surface area (Å²) in [4.78, 5) is 22.2. The number of hydrogen-bond donors (Lipinski definition) is 0. The highest BCUT2D eigenvalue weighted by Crippen LogP contribution is 2.34. The number of aldehydes is 1. The summed E-state index contributed by atoms with van der Waals surface area (Å²) in [6, 6.07) is 2.99. The van der Waals surface area contributed by atoms with E-state index in [9.17, 15) is 22.8 Å². The standard InChI is InChI=1S/C11H5ClF3NO2/c12-3-9(18)10-6(4-16)1-2-8(7(10)5-17)11(13,14)15/h1-2,5H,3H2. The molecule has 18 heavy (non-hydrogen) atoms. The minimum atomic E-state index is -4.79. The van der Waals surface area contributed by atoms with Gasteiger partial charge in [0.2, 0.25) is 0 Å². The van der Waals surface area contributed by atoms with Gasteiger partial charge >= 0.3 is 6.18 Å². The molecule has 0 aliphatic carbocycles. The Balaban J connectivity index is 3.70. The zero-order valence-corrected chi connectivity index (χ0v) is 9.47. The molecule has 0 heterocycles. The largest absolute Gasteiger partial charge is 0.417 e. The van der Waals surface area contributed by atoms with Crippen molar-refractivity contribution in [1.29, 1.82) is 5.26 Å². The van der Waals surface area contributed by atoms with E-state index in [0.717, 1.165) is 6.07 Å². The van der Waals surface area contributed by atoms with Gasteiger partial charge in [0.1, 0.15) is 0 Å². The minimum Gasteiger partial charge on any atom is -0.298 e. The molecule has 0 saturated heterocycles. The molecule has 1 aromatic carbocycles. The second kappa shape index (κ2) is 5.19. The maximum atomic E-state index is 12.6. The van der Waals surface area contributed by atoms with Crippen molar-refractivity contribution >= 4 is 23.7 Å². The third kappa shape index (κ3) is 2.51. The van der Waals surface area contributed by atoms with Gasteiger partial charge in [0, 0.05) is 11.1 Å². The van der Waals surface area contributed by atoms with E-state index in [4.69, 9.17) is 16.9 Å². The summed E-state index contributed by atoms with van der Waals surface area (Å²) in [5, 5.41) is 8.73. The Kier molecular flexibility index (Phi) is 4.09. The first-order chi connectivity index (χ1) is 8.36. The molecule has 0 aliphatic rings. The van der Waals surface area contributed by atoms with Crippen LogP contribution in [0.3, 0.4) is 0 Å². The van der Waals surface area contributed by atoms with Crippen LogP contribution >= 0.6 is 11.6 Å². The van der Waals surface area contributed by atoms with Crippen LogP contribution in [0, 0.1) is 11.3 Å². The number of carbonyl (C=O) groups is 2. The summed E-state index contributed by atoms with van der Waals surface area (Å²) < 4.78 is 37.9. The lowest BCUT2D eigenvalue weighted by Gasteiger charge is -2.13. The summed E-state index contributed by atoms with van der Waals surface area (Å²) in [5.74, 6) is -1.52. The molecule has 0 radical (unpaired) electrons. The molecule has 0 atom stereocenters. The monoisotopic (exact) mass is 275 g/mol. The SMILES string of the molecule is N#Cc1ccc(C(F)(F)F)c(C=O)c1C(=O)CCl. The van der Waals surface area contributed by atoms with Crippen molar-refractivity contribution in [2.75, 3.05) is 5.88 Å². The van der Waals surface area contributed by atoms with Crippen LogP contribution in [-0.2, 0) is 6.18 Å². The van der Waals surface area contributed by atoms with Crippen LogP contribution < -0.4 is 0 Å². The fourth-order valence-electron chi connectivity index (χ4n) is 1.45. The van der Waals surface area contributed by atoms with Gasteiger partial charge in [-0.15, -0.1) is 11.6 Å². The van der Waals surface area contributed by atoms with Crippen molar-refractivity contribution < 1.29 is 22.8 Å². The van der Waals surface area contributed by atoms with Crippen LogP contribution in [0.5, 0.6) is 0 Å². The predicted octanol–water partition coefficient (Wildman–Crippen LogP) is 2.81. The van der Waals surface area contributed by atoms with Gasteiger partial charge in [-0.2, -0.15) is 18.4 Å². The van der Waals surface area contributed by atoms with Gasteiger partial charge in [-0.3, -0.25) is 9.59 Å². The third-order valence-corrected chi connectivity index (χ3v) is 2.43. The van der Waals surface area contributed by atoms with Crippen molar-refractivity contribution in [2.45, 2.75) is 6.18 Å². The molecule has 1 aromatic rings. The van der Waals surface area contributed by atoms with Crippen LogP contribution in [-0.4, -0.2) is 17.9 Å². The molecular weight excluding hydrogens is 271 g/mol. The van der Waals surface area contributed by atoms with Crippen molar-refractivity contribution in [1.82, 2.24) is 0 Å². The van der Waals surface area contributed by atoms with E-state index in [1.54, 1.807) is 6.07 Å². The molecule has 0 spiro atoms. The fourth-order valence-corrected chi connectivity index (χ4v) is 1.58. The first-order valence-corrected chi connectivity index (χ1v) is 5.09. The molecular formula is C11H5ClF3NO2. The summed E-state index contributed by atoms with van der Waals surface area (Å²) in [6.07, 6.45) is -4.88. The molecule has 0 aliphatic heterocycles. The molecule has 0 N–H and O–H groups in total. The minimum absolute atomic E-state index is 0.0938. The number of nitriles is 1. The molecule has 0 bridgehead atoms. The van der Waals surface area contributed by atoms with E-state index in [2.05, 4.69) is 0 Å². The van der Waals surface area contributed by atoms with E-state index in [1.807, 2.05) is 0 Å². The number of ketones is 1. The molecule has 0 unspecified atom stereocenters. The lowest BCUT2D eigenvalue weighted by molar-refractivity contribution is -0.137. The smallest absolute Gasteiger partial charge is 0.298 e. The number of halogens is 4. The van der Waals surface area contributed by atoms with Crippen LogP contribution in [0.25, 0.3) is 0 Å². The molecule has 0 aromatic heterocycles. The van der Waals surface area contributed by atoms with Crippen molar-refractivity contribution in [3.8, 4) is 6.07 Å². The Labute approximate surface area is 105 Å². The van der Waals surface area contributed by atoms with Crippen molar-refractivity contribution in [3.05, 3.63) is 34.4 Å². The van der Waals surface area contributed by atoms with Gasteiger partial charge < -0.3 is 0 Å². The molecule has 7 heteroatoms. The van der Waals surface area contributed by atoms with Crippen molar-refractivity contribution in [3.63, 3.8) is 0 Å². The zero-order chi connectivity index (χ0) is 13.9. The maximum Gasteiger partial charge on any atom is 0.417 e. The Morgan fingerprint density at radius 3 is 2.44 bits per heavy atom. The highest BCUT2D eigenvalue weighted by molar-refractivity contribution is 6.31. The first kappa shape index (κ1) is 14.2. The fraction of sp³-hybridized carbons (Fsp3) is 0.182. The maximum absolute atomic E-state index is 12.6. The molecule has 1 rings (SSSR count). The lowest BCUT2D eigenvalue weighted by atomic mass is 9.94. The highest BCUT2D eigenvalue weighted by atomic mass is 35.5. The molecule has 0 amide bonds. The van der Waals surface area contributed by atoms with Crippen LogP contribution in [0.15, 0.2) is 12.1 Å². The molecule has 3 nitrogen and oxygen atoms in total. The summed E-state index contributed by atoms with van der Waals surface area (Å²) in [7, 11) is 0. The van der Waals surface area contributed by atoms with E-state index < -0.39 is 34.5 Å². The van der Waals surface area contributed by atoms with Crippen LogP contribution in [0.2, 0.25) is 0 Å². The second-order valence-electron chi connectivity index (χ2n) is 3.23. The Bertz CT molecular complexity index is 546. The first-order valence-electron chi connectivity index (χ1n) is 4.55. The van der Waals surface area contributed by atoms with Crippen LogP contribution in [0.4, 0.5) is 13.2 Å². The van der Waals surface area contributed by atoms with E-state index in [1.165, 1.54) is 0 Å². The van der Waals surface area contributed by atoms with Gasteiger partial charge in [-0.05, 0) is 12.1 Å². The van der Waals surface area contributed by atoms with Gasteiger partial charge in [0.05, 0.1) is 23.1 Å². The van der Waals surface area contributed by atoms with Gasteiger partial charge in [0.15, 0.2) is 12.1 Å². The van der Waals surface area contributed by atoms with Crippen molar-refractivity contribution in [2.24, 2.45) is 0 Å². The summed E-state index contributed by atoms with van der Waals surface area (Å²) in [5.41, 5.74) is -3.01. The number of hydrogen-bond acceptors (Lipinski definition) is 3. The predicted molar refractivity (Wildman–Crippen MR) is 56.6 cm³/mol. The quantitative estimate of drug-likeness (QED) is 0.484. The van der Waals surface area contributed by atoms with E-state index >= 15 is 0 Å². The number of Topliss-reactive ketones (excluding diaryl/α,β-unsaturated/α-hetero) is 1. The zero-order valence-electron chi connectivity index (χ0n) is 8.71. The highest BCUT2D eigenvalue weighted by Gasteiger charge is 2.35. The Hall–Kier alpha value is -1.87. The Morgan fingerprint density at radius 2 is 2.06 bits per heavy atom. The average molecular weight is 276 g/mol. The summed E-state index contributed by atoms with van der Waals surface area (Å²) in [6.45, 7) is 0. The van der Waals surface area contributed by atoms with Crippen LogP contribution in [0.1, 0.15) is 31.8 Å². The summed E-state index contributed by atoms with van der Waals surface area (Å²) >= 11 is 5.25. The topological polar surface area (TPSA) is 57.9 Å². The molecule has 0 fully saturated rings. The van der Waals surface area contributed by atoms with E-state index in [0.29, 0.717) is 6.07 Å². The lowest BCUT2D eigenvalue weighted by Crippen LogP contribution is -2.16. The normalized spacial score (nSPS) is 10.8. The number of carbonyl (C=O) groups excluding carboxylic acids is 2. The Morgan fingerprint density at radius 1 is 1.44 bits per heavy atom. The second-order valence-corrected chi connectivity index (χ2v) is 3.50. The number of rotatable bonds is 3. The number of nitrogens with zero attached hydrogens (tertiary/aromatic N) is 1. The number of benzene rings is 1. The third-order valence-electron chi connectivity index (χ3n) is 2.19. The molecule has 94 valence electrons. The van der Waals surface area contributed by atoms with Gasteiger partial charge in [-0.1, -0.05) is 0 Å². The number of alkyl halides is 4.